The van der Waals surface area contributed by atoms with Crippen LogP contribution >= 0.6 is 23.2 Å². The SMILES string of the molecule is Cc1c(Cl)ncc(C2CC(c3ccc(F)cc3)CCN2C=O)c1Nc1ccc(Cl)cc1F. The van der Waals surface area contributed by atoms with E-state index in [0.717, 1.165) is 24.0 Å². The predicted molar refractivity (Wildman–Crippen MR) is 123 cm³/mol. The fourth-order valence-corrected chi connectivity index (χ4v) is 4.51. The van der Waals surface area contributed by atoms with E-state index in [0.29, 0.717) is 29.2 Å². The number of pyridine rings is 1. The number of carbonyl (C=O) groups is 1. The molecule has 8 heteroatoms. The largest absolute Gasteiger partial charge is 0.352 e. The molecular weight excluding hydrogens is 455 g/mol. The van der Waals surface area contributed by atoms with Gasteiger partial charge in [-0.2, -0.15) is 0 Å². The molecule has 0 radical (unpaired) electrons. The maximum Gasteiger partial charge on any atom is 0.210 e. The number of hydrogen-bond donors (Lipinski definition) is 1. The number of piperidine rings is 1. The maximum atomic E-state index is 14.5. The normalized spacial score (nSPS) is 18.5. The summed E-state index contributed by atoms with van der Waals surface area (Å²) in [6, 6.07) is 10.5. The molecule has 1 aromatic heterocycles. The number of nitrogens with zero attached hydrogens (tertiary/aromatic N) is 2. The van der Waals surface area contributed by atoms with E-state index in [-0.39, 0.29) is 28.6 Å². The van der Waals surface area contributed by atoms with E-state index in [1.54, 1.807) is 42.3 Å². The minimum Gasteiger partial charge on any atom is -0.352 e. The summed E-state index contributed by atoms with van der Waals surface area (Å²) in [4.78, 5) is 17.9. The van der Waals surface area contributed by atoms with Crippen LogP contribution in [0.15, 0.2) is 48.7 Å². The molecule has 32 heavy (non-hydrogen) atoms. The van der Waals surface area contributed by atoms with Gasteiger partial charge in [0.2, 0.25) is 6.41 Å². The zero-order chi connectivity index (χ0) is 22.8. The Balaban J connectivity index is 1.73. The quantitative estimate of drug-likeness (QED) is 0.326. The molecule has 0 aliphatic carbocycles. The van der Waals surface area contributed by atoms with Crippen LogP contribution in [-0.2, 0) is 4.79 Å². The first-order valence-corrected chi connectivity index (χ1v) is 11.0. The number of halogens is 4. The van der Waals surface area contributed by atoms with Gasteiger partial charge in [0.1, 0.15) is 16.8 Å². The van der Waals surface area contributed by atoms with Crippen molar-refractivity contribution in [1.29, 1.82) is 0 Å². The molecule has 2 atom stereocenters. The molecule has 1 N–H and O–H groups in total. The Hall–Kier alpha value is -2.70. The number of rotatable bonds is 5. The van der Waals surface area contributed by atoms with Gasteiger partial charge in [0.05, 0.1) is 17.4 Å². The fourth-order valence-electron chi connectivity index (χ4n) is 4.20. The van der Waals surface area contributed by atoms with Crippen molar-refractivity contribution < 1.29 is 13.6 Å². The van der Waals surface area contributed by atoms with Crippen LogP contribution in [0.1, 0.15) is 41.5 Å². The van der Waals surface area contributed by atoms with E-state index in [2.05, 4.69) is 10.3 Å². The average Bonchev–Trinajstić information content (AvgIpc) is 2.79. The van der Waals surface area contributed by atoms with Crippen LogP contribution < -0.4 is 5.32 Å². The van der Waals surface area contributed by atoms with Crippen LogP contribution in [0.3, 0.4) is 0 Å². The summed E-state index contributed by atoms with van der Waals surface area (Å²) in [7, 11) is 0. The second-order valence-electron chi connectivity index (χ2n) is 7.89. The number of anilines is 2. The Morgan fingerprint density at radius 2 is 1.91 bits per heavy atom. The van der Waals surface area contributed by atoms with E-state index in [1.165, 1.54) is 18.2 Å². The molecular formula is C24H21Cl2F2N3O. The van der Waals surface area contributed by atoms with Gasteiger partial charge in [0.25, 0.3) is 0 Å². The Labute approximate surface area is 195 Å². The van der Waals surface area contributed by atoms with Crippen LogP contribution in [0, 0.1) is 18.6 Å². The zero-order valence-corrected chi connectivity index (χ0v) is 18.8. The Bertz CT molecular complexity index is 1140. The fraction of sp³-hybridized carbons (Fsp3) is 0.250. The molecule has 2 heterocycles. The molecule has 2 aromatic carbocycles. The molecule has 166 valence electrons. The summed E-state index contributed by atoms with van der Waals surface area (Å²) in [5, 5.41) is 3.71. The topological polar surface area (TPSA) is 45.2 Å². The number of nitrogens with one attached hydrogen (secondary N) is 1. The van der Waals surface area contributed by atoms with Crippen LogP contribution in [0.25, 0.3) is 0 Å². The maximum absolute atomic E-state index is 14.5. The van der Waals surface area contributed by atoms with Crippen molar-refractivity contribution in [3.63, 3.8) is 0 Å². The third-order valence-electron chi connectivity index (χ3n) is 5.96. The van der Waals surface area contributed by atoms with E-state index in [9.17, 15) is 13.6 Å². The van der Waals surface area contributed by atoms with Gasteiger partial charge in [-0.3, -0.25) is 4.79 Å². The summed E-state index contributed by atoms with van der Waals surface area (Å²) in [6.07, 6.45) is 3.82. The van der Waals surface area contributed by atoms with Crippen LogP contribution in [0.2, 0.25) is 10.2 Å². The van der Waals surface area contributed by atoms with Crippen LogP contribution in [0.4, 0.5) is 20.2 Å². The lowest BCUT2D eigenvalue weighted by Gasteiger charge is -2.38. The average molecular weight is 476 g/mol. The second kappa shape index (κ2) is 9.43. The monoisotopic (exact) mass is 475 g/mol. The lowest BCUT2D eigenvalue weighted by atomic mass is 9.82. The standard InChI is InChI=1S/C24H21Cl2F2N3O/c1-14-23(30-21-7-4-17(25)11-20(21)28)19(12-29-24(14)26)22-10-16(8-9-31(22)13-32)15-2-5-18(27)6-3-15/h2-7,11-13,16,22H,8-10H2,1H3,(H,29,30). The highest BCUT2D eigenvalue weighted by molar-refractivity contribution is 6.31. The first-order chi connectivity index (χ1) is 15.4. The second-order valence-corrected chi connectivity index (χ2v) is 8.68. The van der Waals surface area contributed by atoms with Gasteiger partial charge < -0.3 is 10.2 Å². The van der Waals surface area contributed by atoms with Crippen LogP contribution in [0.5, 0.6) is 0 Å². The van der Waals surface area contributed by atoms with Crippen molar-refractivity contribution in [3.05, 3.63) is 87.2 Å². The first kappa shape index (κ1) is 22.5. The van der Waals surface area contributed by atoms with Gasteiger partial charge in [0, 0.05) is 28.9 Å². The Kier molecular flexibility index (Phi) is 6.63. The van der Waals surface area contributed by atoms with Crippen molar-refractivity contribution in [3.8, 4) is 0 Å². The molecule has 0 bridgehead atoms. The summed E-state index contributed by atoms with van der Waals surface area (Å²) >= 11 is 12.2. The molecule has 2 unspecified atom stereocenters. The number of carbonyl (C=O) groups excluding carboxylic acids is 1. The summed E-state index contributed by atoms with van der Waals surface area (Å²) in [5.74, 6) is -0.659. The van der Waals surface area contributed by atoms with Gasteiger partial charge in [0.15, 0.2) is 0 Å². The number of amides is 1. The van der Waals surface area contributed by atoms with E-state index < -0.39 is 5.82 Å². The van der Waals surface area contributed by atoms with Gasteiger partial charge >= 0.3 is 0 Å². The van der Waals surface area contributed by atoms with Gasteiger partial charge in [-0.15, -0.1) is 0 Å². The van der Waals surface area contributed by atoms with Crippen molar-refractivity contribution in [2.24, 2.45) is 0 Å². The Morgan fingerprint density at radius 1 is 1.16 bits per heavy atom. The molecule has 1 fully saturated rings. The molecule has 1 saturated heterocycles. The minimum atomic E-state index is -0.504. The molecule has 0 saturated carbocycles. The third-order valence-corrected chi connectivity index (χ3v) is 6.58. The predicted octanol–water partition coefficient (Wildman–Crippen LogP) is 6.80. The highest BCUT2D eigenvalue weighted by Gasteiger charge is 2.32. The van der Waals surface area contributed by atoms with Crippen molar-refractivity contribution in [2.45, 2.75) is 31.7 Å². The smallest absolute Gasteiger partial charge is 0.210 e. The van der Waals surface area contributed by atoms with E-state index >= 15 is 0 Å². The highest BCUT2D eigenvalue weighted by atomic mass is 35.5. The van der Waals surface area contributed by atoms with Crippen molar-refractivity contribution >= 4 is 41.0 Å². The molecule has 1 aliphatic rings. The number of aromatic nitrogens is 1. The van der Waals surface area contributed by atoms with Crippen LogP contribution in [-0.4, -0.2) is 22.8 Å². The highest BCUT2D eigenvalue weighted by Crippen LogP contribution is 2.43. The molecule has 4 nitrogen and oxygen atoms in total. The van der Waals surface area contributed by atoms with Crippen molar-refractivity contribution in [1.82, 2.24) is 9.88 Å². The third kappa shape index (κ3) is 4.57. The number of benzene rings is 2. The molecule has 3 aromatic rings. The zero-order valence-electron chi connectivity index (χ0n) is 17.3. The number of hydrogen-bond acceptors (Lipinski definition) is 3. The Morgan fingerprint density at radius 3 is 2.59 bits per heavy atom. The van der Waals surface area contributed by atoms with Crippen molar-refractivity contribution in [2.75, 3.05) is 11.9 Å². The van der Waals surface area contributed by atoms with Gasteiger partial charge in [-0.25, -0.2) is 13.8 Å². The molecule has 1 aliphatic heterocycles. The summed E-state index contributed by atoms with van der Waals surface area (Å²) in [6.45, 7) is 2.33. The number of likely N-dealkylation sites (tertiary alicyclic amines) is 1. The van der Waals surface area contributed by atoms with Gasteiger partial charge in [-0.05, 0) is 61.6 Å². The molecule has 0 spiro atoms. The molecule has 4 rings (SSSR count). The summed E-state index contributed by atoms with van der Waals surface area (Å²) < 4.78 is 27.9. The van der Waals surface area contributed by atoms with E-state index in [4.69, 9.17) is 23.2 Å². The lowest BCUT2D eigenvalue weighted by molar-refractivity contribution is -0.121. The molecule has 1 amide bonds. The lowest BCUT2D eigenvalue weighted by Crippen LogP contribution is -2.35. The first-order valence-electron chi connectivity index (χ1n) is 10.2. The summed E-state index contributed by atoms with van der Waals surface area (Å²) in [5.41, 5.74) is 3.24. The minimum absolute atomic E-state index is 0.132. The van der Waals surface area contributed by atoms with E-state index in [1.807, 2.05) is 0 Å². The van der Waals surface area contributed by atoms with Gasteiger partial charge in [-0.1, -0.05) is 35.3 Å².